The van der Waals surface area contributed by atoms with E-state index < -0.39 is 48.2 Å². The first-order valence-corrected chi connectivity index (χ1v) is 34.5. The van der Waals surface area contributed by atoms with E-state index in [-0.39, 0.29) is 21.1 Å². The molecule has 0 aliphatic rings. The Labute approximate surface area is 433 Å². The van der Waals surface area contributed by atoms with Gasteiger partial charge in [0.2, 0.25) is 0 Å². The van der Waals surface area contributed by atoms with Crippen LogP contribution in [0.2, 0.25) is 0 Å². The molecule has 0 aromatic carbocycles. The van der Waals surface area contributed by atoms with Crippen LogP contribution in [0.15, 0.2) is 0 Å². The molecule has 0 aromatic heterocycles. The second-order valence-electron chi connectivity index (χ2n) is 16.9. The van der Waals surface area contributed by atoms with Gasteiger partial charge in [0.15, 0.2) is 0 Å². The zero-order chi connectivity index (χ0) is 51.2. The van der Waals surface area contributed by atoms with Gasteiger partial charge in [-0.1, -0.05) is 223 Å². The van der Waals surface area contributed by atoms with Gasteiger partial charge in [0.1, 0.15) is 37.0 Å². The number of hydrogen-bond donors (Lipinski definition) is 0. The Bertz CT molecular complexity index is 835. The van der Waals surface area contributed by atoms with Crippen molar-refractivity contribution in [1.29, 1.82) is 0 Å². The van der Waals surface area contributed by atoms with Crippen LogP contribution in [-0.2, 0) is 48.5 Å². The van der Waals surface area contributed by atoms with Gasteiger partial charge in [-0.3, -0.25) is 0 Å². The minimum absolute atomic E-state index is 0. The van der Waals surface area contributed by atoms with Gasteiger partial charge in [-0.2, -0.15) is 0 Å². The molecule has 19 heteroatoms. The molecule has 67 heavy (non-hydrogen) atoms. The predicted molar refractivity (Wildman–Crippen MR) is 275 cm³/mol. The zero-order valence-electron chi connectivity index (χ0n) is 43.7. The summed E-state index contributed by atoms with van der Waals surface area (Å²) in [6.07, 6.45) is 43.6. The van der Waals surface area contributed by atoms with Crippen molar-refractivity contribution in [3.8, 4) is 0 Å². The normalized spacial score (nSPS) is 11.5. The quantitative estimate of drug-likeness (QED) is 0.0315. The van der Waals surface area contributed by atoms with Gasteiger partial charge in [0.05, 0.1) is 0 Å². The van der Waals surface area contributed by atoms with Crippen LogP contribution < -0.4 is 29.4 Å². The molecule has 0 saturated carbocycles. The summed E-state index contributed by atoms with van der Waals surface area (Å²) < 4.78 is 60.8. The fourth-order valence-electron chi connectivity index (χ4n) is 6.13. The van der Waals surface area contributed by atoms with Gasteiger partial charge >= 0.3 is 48.2 Å². The van der Waals surface area contributed by atoms with Crippen molar-refractivity contribution in [2.45, 2.75) is 273 Å². The molecule has 0 aliphatic heterocycles. The molecule has 0 radical (unpaired) electrons. The third kappa shape index (κ3) is 118. The van der Waals surface area contributed by atoms with Crippen molar-refractivity contribution in [3.05, 3.63) is 0 Å². The van der Waals surface area contributed by atoms with Crippen LogP contribution in [0.3, 0.4) is 0 Å². The van der Waals surface area contributed by atoms with Gasteiger partial charge < -0.3 is 29.4 Å². The van der Waals surface area contributed by atoms with E-state index in [4.69, 9.17) is 0 Å². The first-order valence-electron chi connectivity index (χ1n) is 26.3. The van der Waals surface area contributed by atoms with Crippen LogP contribution in [0.25, 0.3) is 0 Å². The van der Waals surface area contributed by atoms with Crippen LogP contribution in [0.1, 0.15) is 273 Å². The van der Waals surface area contributed by atoms with E-state index in [1.165, 1.54) is 154 Å². The van der Waals surface area contributed by atoms with E-state index in [0.29, 0.717) is 37.0 Å². The average molecular weight is 1150 g/mol. The summed E-state index contributed by atoms with van der Waals surface area (Å²) in [5.74, 6) is 0. The Morgan fingerprint density at radius 2 is 0.284 bits per heavy atom. The Balaban J connectivity index is -0.000000129. The van der Waals surface area contributed by atoms with Gasteiger partial charge in [0, 0.05) is 21.1 Å². The molecule has 0 rings (SSSR count). The molecule has 0 heterocycles. The van der Waals surface area contributed by atoms with Crippen molar-refractivity contribution in [2.24, 2.45) is 0 Å². The van der Waals surface area contributed by atoms with Crippen molar-refractivity contribution >= 4 is 48.2 Å². The maximum Gasteiger partial charge on any atom is 0.308 e. The molecule has 0 saturated heterocycles. The second-order valence-corrected chi connectivity index (χ2v) is 23.6. The summed E-state index contributed by atoms with van der Waals surface area (Å²) >= 11 is 0. The Morgan fingerprint density at radius 3 is 0.373 bits per heavy atom. The van der Waals surface area contributed by atoms with Crippen molar-refractivity contribution < 1.29 is 77.8 Å². The average Bonchev–Trinajstić information content (AvgIpc) is 3.26. The van der Waals surface area contributed by atoms with Gasteiger partial charge in [0.25, 0.3) is 0 Å². The third-order valence-corrected chi connectivity index (χ3v) is 14.3. The van der Waals surface area contributed by atoms with E-state index in [2.05, 4.69) is 41.5 Å². The number of hydrogen-bond acceptors (Lipinski definition) is 12. The molecule has 0 N–H and O–H groups in total. The summed E-state index contributed by atoms with van der Waals surface area (Å²) in [7, 11) is -12.7. The topological polar surface area (TPSA) is 241 Å². The Kier molecular flexibility index (Phi) is 96.1. The zero-order valence-corrected chi connectivity index (χ0v) is 51.1. The van der Waals surface area contributed by atoms with Crippen molar-refractivity contribution in [3.63, 3.8) is 0 Å². The monoisotopic (exact) mass is 1150 g/mol. The number of rotatable bonds is 42. The molecule has 12 nitrogen and oxygen atoms in total. The summed E-state index contributed by atoms with van der Waals surface area (Å²) in [6.45, 7) is 13.1. The molecule has 6 unspecified atom stereocenters. The van der Waals surface area contributed by atoms with Gasteiger partial charge in [-0.25, -0.2) is 0 Å². The van der Waals surface area contributed by atoms with E-state index in [1.54, 1.807) is 0 Å². The Morgan fingerprint density at radius 1 is 0.194 bits per heavy atom. The maximum atomic E-state index is 10.1. The fourth-order valence-corrected chi connectivity index (χ4v) is 9.02. The number of unbranched alkanes of at least 4 members (excludes halogenated alkanes) is 30. The first kappa shape index (κ1) is 82.1. The standard InChI is InChI=1S/6C8H17O2P.Mo/c6*1-2-3-4-5-6-7-8-11(9)10;/h6*2-8H2,1H3;. The molecule has 0 amide bonds. The van der Waals surface area contributed by atoms with E-state index in [0.717, 1.165) is 77.0 Å². The molecule has 0 aliphatic carbocycles. The van der Waals surface area contributed by atoms with Crippen LogP contribution in [-0.4, -0.2) is 37.0 Å². The fraction of sp³-hybridized carbons (Fsp3) is 1.00. The van der Waals surface area contributed by atoms with Crippen LogP contribution in [0.5, 0.6) is 0 Å². The van der Waals surface area contributed by atoms with Crippen LogP contribution in [0, 0.1) is 0 Å². The molecular weight excluding hydrogens is 1050 g/mol. The minimum atomic E-state index is -2.12. The molecule has 0 bridgehead atoms. The van der Waals surface area contributed by atoms with E-state index in [9.17, 15) is 56.8 Å². The van der Waals surface area contributed by atoms with Crippen LogP contribution in [0.4, 0.5) is 0 Å². The SMILES string of the molecule is CCCCCCCC[P+](=O)[O-].CCCCCCCC[P+](=O)[O-].CCCCCCCC[P+](=O)[O-].CCCCCCCC[P+](=O)[O-].CCCCCCCC[P+](=O)[O-].CCCCCCCC[P+](=O)[O-].[Mo]. The molecule has 0 fully saturated rings. The van der Waals surface area contributed by atoms with E-state index >= 15 is 0 Å². The summed E-state index contributed by atoms with van der Waals surface area (Å²) in [5, 5.41) is 0. The molecule has 0 spiro atoms. The largest absolute Gasteiger partial charge is 0.596 e. The molecular formula is C48H102MoO12P6. The van der Waals surface area contributed by atoms with Crippen molar-refractivity contribution in [2.75, 3.05) is 37.0 Å². The summed E-state index contributed by atoms with van der Waals surface area (Å²) in [6, 6.07) is 0. The molecule has 0 aromatic rings. The summed E-state index contributed by atoms with van der Waals surface area (Å²) in [4.78, 5) is 60.8. The molecule has 402 valence electrons. The van der Waals surface area contributed by atoms with Gasteiger partial charge in [-0.15, -0.1) is 0 Å². The predicted octanol–water partition coefficient (Wildman–Crippen LogP) is 14.7. The van der Waals surface area contributed by atoms with E-state index in [1.807, 2.05) is 0 Å². The first-order chi connectivity index (χ1) is 31.6. The third-order valence-electron chi connectivity index (χ3n) is 10.2. The van der Waals surface area contributed by atoms with Gasteiger partial charge in [-0.05, 0) is 77.0 Å². The molecule has 6 atom stereocenters. The Hall–Kier alpha value is 1.05. The second kappa shape index (κ2) is 78.5. The smallest absolute Gasteiger partial charge is 0.308 e. The minimum Gasteiger partial charge on any atom is -0.596 e. The maximum absolute atomic E-state index is 10.1. The summed E-state index contributed by atoms with van der Waals surface area (Å²) in [5.41, 5.74) is 0. The van der Waals surface area contributed by atoms with Crippen LogP contribution >= 0.6 is 48.2 Å². The van der Waals surface area contributed by atoms with Crippen molar-refractivity contribution in [1.82, 2.24) is 0 Å².